The fourth-order valence-electron chi connectivity index (χ4n) is 2.78. The van der Waals surface area contributed by atoms with Crippen LogP contribution in [0.5, 0.6) is 0 Å². The normalized spacial score (nSPS) is 23.6. The highest BCUT2D eigenvalue weighted by Gasteiger charge is 2.26. The number of fused-ring (bicyclic) bond motifs is 1. The van der Waals surface area contributed by atoms with Crippen molar-refractivity contribution < 1.29 is 10.0 Å². The number of hydrogen-bond donors (Lipinski definition) is 1. The van der Waals surface area contributed by atoms with Crippen LogP contribution < -0.4 is 0 Å². The molecule has 0 saturated heterocycles. The molecule has 1 aliphatic carbocycles. The summed E-state index contributed by atoms with van der Waals surface area (Å²) in [5.41, 5.74) is 0.777. The average molecular weight is 261 g/mol. The van der Waals surface area contributed by atoms with E-state index in [0.29, 0.717) is 0 Å². The van der Waals surface area contributed by atoms with Gasteiger partial charge in [0.15, 0.2) is 0 Å². The van der Waals surface area contributed by atoms with Crippen molar-refractivity contribution in [2.24, 2.45) is 0 Å². The highest BCUT2D eigenvalue weighted by molar-refractivity contribution is 5.81. The molecule has 1 N–H and O–H groups in total. The summed E-state index contributed by atoms with van der Waals surface area (Å²) < 4.78 is 1.74. The monoisotopic (exact) mass is 261 g/mol. The standard InChI is InChI=1S/C13H15N3O3/c17-13-4-2-1-3-11(13)15-12-7-10(16(18)19)6-5-9(12)8-14-15/h5-8,11,13,17H,1-4H2/t11-,13-/m0/s1. The Balaban J connectivity index is 2.07. The lowest BCUT2D eigenvalue weighted by atomic mass is 9.92. The van der Waals surface area contributed by atoms with Crippen LogP contribution in [0.2, 0.25) is 0 Å². The molecule has 2 atom stereocenters. The van der Waals surface area contributed by atoms with Crippen LogP contribution in [0.25, 0.3) is 10.9 Å². The van der Waals surface area contributed by atoms with Gasteiger partial charge in [0.25, 0.3) is 5.69 Å². The van der Waals surface area contributed by atoms with Crippen molar-refractivity contribution >= 4 is 16.6 Å². The number of nitrogens with zero attached hydrogens (tertiary/aromatic N) is 3. The molecule has 1 fully saturated rings. The number of aromatic nitrogens is 2. The van der Waals surface area contributed by atoms with E-state index < -0.39 is 11.0 Å². The number of aliphatic hydroxyl groups excluding tert-OH is 1. The van der Waals surface area contributed by atoms with E-state index in [2.05, 4.69) is 5.10 Å². The van der Waals surface area contributed by atoms with Gasteiger partial charge in [-0.1, -0.05) is 12.8 Å². The van der Waals surface area contributed by atoms with E-state index in [9.17, 15) is 15.2 Å². The molecule has 1 aliphatic rings. The van der Waals surface area contributed by atoms with E-state index in [0.717, 1.165) is 36.6 Å². The maximum atomic E-state index is 10.8. The summed E-state index contributed by atoms with van der Waals surface area (Å²) in [4.78, 5) is 10.4. The van der Waals surface area contributed by atoms with Gasteiger partial charge in [0, 0.05) is 17.5 Å². The number of nitro benzene ring substituents is 1. The Hall–Kier alpha value is -1.95. The van der Waals surface area contributed by atoms with Crippen LogP contribution in [0.1, 0.15) is 31.7 Å². The number of aliphatic hydroxyl groups is 1. The van der Waals surface area contributed by atoms with Gasteiger partial charge in [0.1, 0.15) is 0 Å². The first-order valence-electron chi connectivity index (χ1n) is 6.46. The highest BCUT2D eigenvalue weighted by atomic mass is 16.6. The number of hydrogen-bond acceptors (Lipinski definition) is 4. The van der Waals surface area contributed by atoms with Gasteiger partial charge in [-0.25, -0.2) is 0 Å². The Morgan fingerprint density at radius 2 is 2.16 bits per heavy atom. The van der Waals surface area contributed by atoms with Crippen LogP contribution in [-0.4, -0.2) is 25.9 Å². The van der Waals surface area contributed by atoms with Gasteiger partial charge >= 0.3 is 0 Å². The summed E-state index contributed by atoms with van der Waals surface area (Å²) in [6.07, 6.45) is 4.98. The zero-order valence-corrected chi connectivity index (χ0v) is 10.4. The molecule has 1 aromatic heterocycles. The Bertz CT molecular complexity index is 623. The second kappa shape index (κ2) is 4.62. The summed E-state index contributed by atoms with van der Waals surface area (Å²) >= 11 is 0. The zero-order valence-electron chi connectivity index (χ0n) is 10.4. The highest BCUT2D eigenvalue weighted by Crippen LogP contribution is 2.31. The van der Waals surface area contributed by atoms with Gasteiger partial charge in [-0.05, 0) is 18.9 Å². The number of rotatable bonds is 2. The lowest BCUT2D eigenvalue weighted by molar-refractivity contribution is -0.384. The molecule has 100 valence electrons. The van der Waals surface area contributed by atoms with Crippen molar-refractivity contribution in [3.63, 3.8) is 0 Å². The largest absolute Gasteiger partial charge is 0.391 e. The summed E-state index contributed by atoms with van der Waals surface area (Å²) in [5, 5.41) is 26.1. The Labute approximate surface area is 109 Å². The maximum absolute atomic E-state index is 10.8. The lowest BCUT2D eigenvalue weighted by Crippen LogP contribution is -2.28. The first-order valence-corrected chi connectivity index (χ1v) is 6.46. The first kappa shape index (κ1) is 12.1. The average Bonchev–Trinajstić information content (AvgIpc) is 2.82. The molecule has 0 bridgehead atoms. The molecule has 6 heteroatoms. The lowest BCUT2D eigenvalue weighted by Gasteiger charge is -2.28. The minimum atomic E-state index is -0.420. The van der Waals surface area contributed by atoms with Crippen molar-refractivity contribution in [2.45, 2.75) is 37.8 Å². The van der Waals surface area contributed by atoms with Crippen molar-refractivity contribution in [2.75, 3.05) is 0 Å². The minimum absolute atomic E-state index is 0.0551. The first-order chi connectivity index (χ1) is 9.16. The van der Waals surface area contributed by atoms with E-state index in [-0.39, 0.29) is 11.7 Å². The van der Waals surface area contributed by atoms with Crippen LogP contribution in [0, 0.1) is 10.1 Å². The third-order valence-corrected chi connectivity index (χ3v) is 3.80. The second-order valence-corrected chi connectivity index (χ2v) is 5.01. The molecule has 0 amide bonds. The molecule has 3 rings (SSSR count). The fourth-order valence-corrected chi connectivity index (χ4v) is 2.78. The molecule has 1 heterocycles. The number of non-ortho nitro benzene ring substituents is 1. The molecule has 1 saturated carbocycles. The van der Waals surface area contributed by atoms with Gasteiger partial charge in [-0.3, -0.25) is 14.8 Å². The van der Waals surface area contributed by atoms with Crippen molar-refractivity contribution in [1.82, 2.24) is 9.78 Å². The third kappa shape index (κ3) is 2.08. The van der Waals surface area contributed by atoms with Crippen LogP contribution in [0.4, 0.5) is 5.69 Å². The van der Waals surface area contributed by atoms with Gasteiger partial charge in [0.05, 0.1) is 28.8 Å². The zero-order chi connectivity index (χ0) is 13.4. The topological polar surface area (TPSA) is 81.2 Å². The molecule has 0 aliphatic heterocycles. The minimum Gasteiger partial charge on any atom is -0.391 e. The van der Waals surface area contributed by atoms with Crippen LogP contribution in [0.3, 0.4) is 0 Å². The van der Waals surface area contributed by atoms with E-state index in [1.165, 1.54) is 12.1 Å². The third-order valence-electron chi connectivity index (χ3n) is 3.80. The van der Waals surface area contributed by atoms with Crippen molar-refractivity contribution in [1.29, 1.82) is 0 Å². The molecule has 0 unspecified atom stereocenters. The van der Waals surface area contributed by atoms with Gasteiger partial charge in [0.2, 0.25) is 0 Å². The van der Waals surface area contributed by atoms with Gasteiger partial charge in [-0.2, -0.15) is 5.10 Å². The van der Waals surface area contributed by atoms with Crippen molar-refractivity contribution in [3.05, 3.63) is 34.5 Å². The van der Waals surface area contributed by atoms with Gasteiger partial charge in [-0.15, -0.1) is 0 Å². The van der Waals surface area contributed by atoms with Crippen molar-refractivity contribution in [3.8, 4) is 0 Å². The number of benzene rings is 1. The molecule has 0 radical (unpaired) electrons. The smallest absolute Gasteiger partial charge is 0.271 e. The Morgan fingerprint density at radius 1 is 1.37 bits per heavy atom. The fraction of sp³-hybridized carbons (Fsp3) is 0.462. The van der Waals surface area contributed by atoms with E-state index >= 15 is 0 Å². The van der Waals surface area contributed by atoms with Crippen LogP contribution >= 0.6 is 0 Å². The van der Waals surface area contributed by atoms with E-state index in [1.807, 2.05) is 0 Å². The second-order valence-electron chi connectivity index (χ2n) is 5.01. The van der Waals surface area contributed by atoms with Crippen LogP contribution in [0.15, 0.2) is 24.4 Å². The molecule has 1 aromatic carbocycles. The summed E-state index contributed by atoms with van der Waals surface area (Å²) in [6, 6.07) is 4.63. The number of nitro groups is 1. The molecule has 0 spiro atoms. The molecule has 2 aromatic rings. The van der Waals surface area contributed by atoms with Gasteiger partial charge < -0.3 is 5.11 Å². The molecular weight excluding hydrogens is 246 g/mol. The van der Waals surface area contributed by atoms with E-state index in [4.69, 9.17) is 0 Å². The summed E-state index contributed by atoms with van der Waals surface area (Å²) in [7, 11) is 0. The SMILES string of the molecule is O=[N+]([O-])c1ccc2cnn([C@H]3CCCC[C@@H]3O)c2c1. The molecule has 6 nitrogen and oxygen atoms in total. The summed E-state index contributed by atoms with van der Waals surface area (Å²) in [6.45, 7) is 0. The Morgan fingerprint density at radius 3 is 2.89 bits per heavy atom. The quantitative estimate of drug-likeness (QED) is 0.665. The van der Waals surface area contributed by atoms with E-state index in [1.54, 1.807) is 16.9 Å². The predicted octanol–water partition coefficient (Wildman–Crippen LogP) is 2.42. The molecule has 19 heavy (non-hydrogen) atoms. The Kier molecular flexibility index (Phi) is 2.94. The van der Waals surface area contributed by atoms with Crippen LogP contribution in [-0.2, 0) is 0 Å². The molecular formula is C13H15N3O3. The predicted molar refractivity (Wildman–Crippen MR) is 69.9 cm³/mol. The maximum Gasteiger partial charge on any atom is 0.271 e. The summed E-state index contributed by atoms with van der Waals surface area (Å²) in [5.74, 6) is 0.